The summed E-state index contributed by atoms with van der Waals surface area (Å²) in [5.74, 6) is 0.985. The number of nitrogens with one attached hydrogen (secondary N) is 1. The van der Waals surface area contributed by atoms with Crippen molar-refractivity contribution in [2.45, 2.75) is 26.7 Å². The molecule has 0 saturated heterocycles. The maximum absolute atomic E-state index is 11.7. The van der Waals surface area contributed by atoms with Crippen LogP contribution in [0, 0.1) is 5.92 Å². The fraction of sp³-hybridized carbons (Fsp3) is 0.533. The summed E-state index contributed by atoms with van der Waals surface area (Å²) in [6.07, 6.45) is 1.63. The van der Waals surface area contributed by atoms with Crippen LogP contribution >= 0.6 is 11.6 Å². The van der Waals surface area contributed by atoms with Gasteiger partial charge in [0.1, 0.15) is 5.75 Å². The molecule has 0 spiro atoms. The third kappa shape index (κ3) is 5.80. The van der Waals surface area contributed by atoms with E-state index in [1.807, 2.05) is 12.1 Å². The van der Waals surface area contributed by atoms with Crippen molar-refractivity contribution in [1.29, 1.82) is 0 Å². The zero-order valence-corrected chi connectivity index (χ0v) is 12.9. The predicted octanol–water partition coefficient (Wildman–Crippen LogP) is 2.38. The van der Waals surface area contributed by atoms with Crippen molar-refractivity contribution >= 4 is 17.5 Å². The van der Waals surface area contributed by atoms with Crippen molar-refractivity contribution < 1.29 is 9.53 Å². The minimum Gasteiger partial charge on any atom is -0.482 e. The van der Waals surface area contributed by atoms with Crippen molar-refractivity contribution in [3.05, 3.63) is 28.8 Å². The largest absolute Gasteiger partial charge is 0.482 e. The molecular weight excluding hydrogens is 276 g/mol. The van der Waals surface area contributed by atoms with E-state index >= 15 is 0 Å². The molecule has 0 bridgehead atoms. The number of halogens is 1. The number of hydrogen-bond acceptors (Lipinski definition) is 3. The summed E-state index contributed by atoms with van der Waals surface area (Å²) in [7, 11) is 0. The Balaban J connectivity index is 2.50. The Kier molecular flexibility index (Phi) is 7.41. The Bertz CT molecular complexity index is 436. The molecule has 0 aliphatic carbocycles. The summed E-state index contributed by atoms with van der Waals surface area (Å²) in [4.78, 5) is 11.7. The molecule has 5 heteroatoms. The zero-order chi connectivity index (χ0) is 15.0. The molecule has 0 aliphatic heterocycles. The highest BCUT2D eigenvalue weighted by Gasteiger charge is 2.10. The lowest BCUT2D eigenvalue weighted by Crippen LogP contribution is -2.30. The predicted molar refractivity (Wildman–Crippen MR) is 82.2 cm³/mol. The minimum absolute atomic E-state index is 0.0284. The average Bonchev–Trinajstić information content (AvgIpc) is 2.38. The van der Waals surface area contributed by atoms with E-state index in [1.165, 1.54) is 0 Å². The third-order valence-corrected chi connectivity index (χ3v) is 3.15. The fourth-order valence-electron chi connectivity index (χ4n) is 1.76. The maximum Gasteiger partial charge on any atom is 0.257 e. The van der Waals surface area contributed by atoms with Crippen LogP contribution in [0.3, 0.4) is 0 Å². The normalized spacial score (nSPS) is 10.7. The summed E-state index contributed by atoms with van der Waals surface area (Å²) in [6, 6.07) is 5.50. The number of carbonyl (C=O) groups is 1. The molecule has 4 nitrogen and oxygen atoms in total. The van der Waals surface area contributed by atoms with Gasteiger partial charge in [0.15, 0.2) is 6.61 Å². The van der Waals surface area contributed by atoms with Crippen LogP contribution < -0.4 is 15.8 Å². The Morgan fingerprint density at radius 1 is 1.45 bits per heavy atom. The molecule has 0 aromatic heterocycles. The molecule has 1 aromatic rings. The van der Waals surface area contributed by atoms with E-state index in [0.29, 0.717) is 36.2 Å². The number of para-hydroxylation sites is 1. The lowest BCUT2D eigenvalue weighted by Gasteiger charge is -2.13. The molecule has 1 aromatic carbocycles. The number of hydrogen-bond donors (Lipinski definition) is 2. The fourth-order valence-corrected chi connectivity index (χ4v) is 2.01. The van der Waals surface area contributed by atoms with Crippen LogP contribution in [0.4, 0.5) is 0 Å². The van der Waals surface area contributed by atoms with Gasteiger partial charge in [-0.1, -0.05) is 37.6 Å². The van der Waals surface area contributed by atoms with Gasteiger partial charge in [-0.2, -0.15) is 0 Å². The summed E-state index contributed by atoms with van der Waals surface area (Å²) < 4.78 is 5.54. The number of ether oxygens (including phenoxy) is 1. The van der Waals surface area contributed by atoms with E-state index in [1.54, 1.807) is 6.07 Å². The molecule has 3 N–H and O–H groups in total. The summed E-state index contributed by atoms with van der Waals surface area (Å²) in [5.41, 5.74) is 6.48. The number of amides is 1. The monoisotopic (exact) mass is 298 g/mol. The third-order valence-electron chi connectivity index (χ3n) is 2.85. The summed E-state index contributed by atoms with van der Waals surface area (Å²) in [6.45, 7) is 5.38. The molecule has 0 radical (unpaired) electrons. The van der Waals surface area contributed by atoms with E-state index in [4.69, 9.17) is 22.1 Å². The molecule has 0 atom stereocenters. The topological polar surface area (TPSA) is 64.3 Å². The summed E-state index contributed by atoms with van der Waals surface area (Å²) >= 11 is 6.10. The number of benzene rings is 1. The molecule has 1 rings (SSSR count). The SMILES string of the molecule is CC(C)CCNC(=O)COc1c(Cl)cccc1CCN. The first-order chi connectivity index (χ1) is 9.54. The second-order valence-electron chi connectivity index (χ2n) is 5.09. The van der Waals surface area contributed by atoms with Gasteiger partial charge < -0.3 is 15.8 Å². The van der Waals surface area contributed by atoms with Gasteiger partial charge in [-0.05, 0) is 36.9 Å². The van der Waals surface area contributed by atoms with Crippen LogP contribution in [-0.2, 0) is 11.2 Å². The quantitative estimate of drug-likeness (QED) is 0.774. The van der Waals surface area contributed by atoms with Crippen molar-refractivity contribution in [2.24, 2.45) is 11.7 Å². The van der Waals surface area contributed by atoms with Gasteiger partial charge in [0.2, 0.25) is 0 Å². The standard InChI is InChI=1S/C15H23ClN2O2/c1-11(2)7-9-18-14(19)10-20-15-12(6-8-17)4-3-5-13(15)16/h3-5,11H,6-10,17H2,1-2H3,(H,18,19). The lowest BCUT2D eigenvalue weighted by atomic mass is 10.1. The van der Waals surface area contributed by atoms with Crippen LogP contribution in [0.15, 0.2) is 18.2 Å². The number of carbonyl (C=O) groups excluding carboxylic acids is 1. The second kappa shape index (κ2) is 8.82. The Morgan fingerprint density at radius 3 is 2.85 bits per heavy atom. The van der Waals surface area contributed by atoms with E-state index in [2.05, 4.69) is 19.2 Å². The van der Waals surface area contributed by atoms with Crippen LogP contribution in [-0.4, -0.2) is 25.6 Å². The van der Waals surface area contributed by atoms with E-state index in [9.17, 15) is 4.79 Å². The van der Waals surface area contributed by atoms with Crippen LogP contribution in [0.5, 0.6) is 5.75 Å². The Hall–Kier alpha value is -1.26. The first-order valence-electron chi connectivity index (χ1n) is 6.91. The van der Waals surface area contributed by atoms with E-state index < -0.39 is 0 Å². The molecule has 0 heterocycles. The van der Waals surface area contributed by atoms with Crippen LogP contribution in [0.25, 0.3) is 0 Å². The van der Waals surface area contributed by atoms with Crippen molar-refractivity contribution in [1.82, 2.24) is 5.32 Å². The first kappa shape index (κ1) is 16.8. The molecule has 0 saturated carbocycles. The smallest absolute Gasteiger partial charge is 0.257 e. The highest BCUT2D eigenvalue weighted by Crippen LogP contribution is 2.28. The van der Waals surface area contributed by atoms with Crippen molar-refractivity contribution in [2.75, 3.05) is 19.7 Å². The lowest BCUT2D eigenvalue weighted by molar-refractivity contribution is -0.123. The summed E-state index contributed by atoms with van der Waals surface area (Å²) in [5, 5.41) is 3.33. The molecule has 20 heavy (non-hydrogen) atoms. The van der Waals surface area contributed by atoms with Gasteiger partial charge in [0.05, 0.1) is 5.02 Å². The highest BCUT2D eigenvalue weighted by atomic mass is 35.5. The highest BCUT2D eigenvalue weighted by molar-refractivity contribution is 6.32. The number of nitrogens with two attached hydrogens (primary N) is 1. The van der Waals surface area contributed by atoms with Gasteiger partial charge in [0, 0.05) is 6.54 Å². The van der Waals surface area contributed by atoms with E-state index in [0.717, 1.165) is 12.0 Å². The first-order valence-corrected chi connectivity index (χ1v) is 7.29. The molecule has 0 unspecified atom stereocenters. The van der Waals surface area contributed by atoms with Crippen LogP contribution in [0.1, 0.15) is 25.8 Å². The van der Waals surface area contributed by atoms with Crippen molar-refractivity contribution in [3.63, 3.8) is 0 Å². The Morgan fingerprint density at radius 2 is 2.20 bits per heavy atom. The van der Waals surface area contributed by atoms with Gasteiger partial charge in [-0.3, -0.25) is 4.79 Å². The number of rotatable bonds is 8. The van der Waals surface area contributed by atoms with Gasteiger partial charge in [-0.15, -0.1) is 0 Å². The Labute approximate surface area is 125 Å². The van der Waals surface area contributed by atoms with Crippen molar-refractivity contribution in [3.8, 4) is 5.75 Å². The minimum atomic E-state index is -0.135. The van der Waals surface area contributed by atoms with Gasteiger partial charge >= 0.3 is 0 Å². The zero-order valence-electron chi connectivity index (χ0n) is 12.1. The molecule has 0 fully saturated rings. The van der Waals surface area contributed by atoms with E-state index in [-0.39, 0.29) is 12.5 Å². The second-order valence-corrected chi connectivity index (χ2v) is 5.50. The molecular formula is C15H23ClN2O2. The molecule has 0 aliphatic rings. The molecule has 1 amide bonds. The van der Waals surface area contributed by atoms with Crippen LogP contribution in [0.2, 0.25) is 5.02 Å². The van der Waals surface area contributed by atoms with Gasteiger partial charge in [0.25, 0.3) is 5.91 Å². The maximum atomic E-state index is 11.7. The average molecular weight is 299 g/mol. The van der Waals surface area contributed by atoms with Gasteiger partial charge in [-0.25, -0.2) is 0 Å². The molecule has 112 valence electrons.